The molecular weight excluding hydrogens is 410 g/mol. The Bertz CT molecular complexity index is 1050. The molecule has 30 heavy (non-hydrogen) atoms. The maximum Gasteiger partial charge on any atom is 0.325 e. The molecular formula is C20H24ClN5O4. The Kier molecular flexibility index (Phi) is 6.94. The normalized spacial score (nSPS) is 14.3. The number of carbonyl (C=O) groups is 2. The Hall–Kier alpha value is -3.07. The SMILES string of the molecule is Cc1[nH]c(=O)[nH]c(=O)c1CCC(=O)N1CCCN(C(=O)Nc2cccc(Cl)c2)CC1. The molecule has 0 radical (unpaired) electrons. The average molecular weight is 434 g/mol. The van der Waals surface area contributed by atoms with E-state index in [0.717, 1.165) is 0 Å². The summed E-state index contributed by atoms with van der Waals surface area (Å²) >= 11 is 5.95. The second kappa shape index (κ2) is 9.62. The van der Waals surface area contributed by atoms with Gasteiger partial charge in [-0.25, -0.2) is 9.59 Å². The predicted octanol–water partition coefficient (Wildman–Crippen LogP) is 1.72. The van der Waals surface area contributed by atoms with E-state index < -0.39 is 11.2 Å². The van der Waals surface area contributed by atoms with Crippen molar-refractivity contribution in [1.82, 2.24) is 19.8 Å². The number of anilines is 1. The highest BCUT2D eigenvalue weighted by Crippen LogP contribution is 2.16. The summed E-state index contributed by atoms with van der Waals surface area (Å²) in [4.78, 5) is 56.5. The van der Waals surface area contributed by atoms with Crippen LogP contribution in [-0.2, 0) is 11.2 Å². The number of carbonyl (C=O) groups excluding carboxylic acids is 2. The number of rotatable bonds is 4. The van der Waals surface area contributed by atoms with Gasteiger partial charge < -0.3 is 20.1 Å². The van der Waals surface area contributed by atoms with Crippen molar-refractivity contribution in [3.63, 3.8) is 0 Å². The molecule has 3 rings (SSSR count). The van der Waals surface area contributed by atoms with Gasteiger partial charge in [0.05, 0.1) is 0 Å². The van der Waals surface area contributed by atoms with Crippen molar-refractivity contribution in [2.24, 2.45) is 0 Å². The number of aryl methyl sites for hydroxylation is 1. The summed E-state index contributed by atoms with van der Waals surface area (Å²) in [6.07, 6.45) is 1.06. The number of aromatic nitrogens is 2. The second-order valence-electron chi connectivity index (χ2n) is 7.17. The lowest BCUT2D eigenvalue weighted by Gasteiger charge is -2.22. The highest BCUT2D eigenvalue weighted by molar-refractivity contribution is 6.30. The van der Waals surface area contributed by atoms with E-state index in [-0.39, 0.29) is 24.8 Å². The van der Waals surface area contributed by atoms with Crippen molar-refractivity contribution >= 4 is 29.2 Å². The lowest BCUT2D eigenvalue weighted by molar-refractivity contribution is -0.131. The van der Waals surface area contributed by atoms with Gasteiger partial charge in [0.2, 0.25) is 5.91 Å². The lowest BCUT2D eigenvalue weighted by Crippen LogP contribution is -2.39. The Morgan fingerprint density at radius 1 is 1.10 bits per heavy atom. The predicted molar refractivity (Wildman–Crippen MR) is 114 cm³/mol. The zero-order valence-corrected chi connectivity index (χ0v) is 17.4. The number of nitrogens with one attached hydrogen (secondary N) is 3. The molecule has 10 heteroatoms. The third kappa shape index (κ3) is 5.50. The fourth-order valence-electron chi connectivity index (χ4n) is 3.46. The molecule has 1 aromatic heterocycles. The molecule has 3 N–H and O–H groups in total. The van der Waals surface area contributed by atoms with Gasteiger partial charge >= 0.3 is 11.7 Å². The van der Waals surface area contributed by atoms with Crippen LogP contribution in [0.4, 0.5) is 10.5 Å². The van der Waals surface area contributed by atoms with Crippen molar-refractivity contribution in [2.45, 2.75) is 26.2 Å². The zero-order valence-electron chi connectivity index (χ0n) is 16.7. The molecule has 9 nitrogen and oxygen atoms in total. The minimum absolute atomic E-state index is 0.0860. The van der Waals surface area contributed by atoms with Crippen LogP contribution in [0.2, 0.25) is 5.02 Å². The van der Waals surface area contributed by atoms with Crippen LogP contribution in [-0.4, -0.2) is 57.9 Å². The van der Waals surface area contributed by atoms with Gasteiger partial charge in [-0.15, -0.1) is 0 Å². The Balaban J connectivity index is 1.54. The number of H-pyrrole nitrogens is 2. The van der Waals surface area contributed by atoms with Crippen LogP contribution >= 0.6 is 11.6 Å². The number of amides is 3. The maximum absolute atomic E-state index is 12.6. The summed E-state index contributed by atoms with van der Waals surface area (Å²) < 4.78 is 0. The van der Waals surface area contributed by atoms with Gasteiger partial charge in [0.25, 0.3) is 5.56 Å². The highest BCUT2D eigenvalue weighted by atomic mass is 35.5. The van der Waals surface area contributed by atoms with Gasteiger partial charge in [0.15, 0.2) is 0 Å². The highest BCUT2D eigenvalue weighted by Gasteiger charge is 2.22. The average Bonchev–Trinajstić information content (AvgIpc) is 2.93. The van der Waals surface area contributed by atoms with E-state index in [4.69, 9.17) is 11.6 Å². The van der Waals surface area contributed by atoms with Crippen molar-refractivity contribution in [3.05, 3.63) is 61.4 Å². The third-order valence-corrected chi connectivity index (χ3v) is 5.29. The number of nitrogens with zero attached hydrogens (tertiary/aromatic N) is 2. The number of hydrogen-bond donors (Lipinski definition) is 3. The van der Waals surface area contributed by atoms with Gasteiger partial charge in [-0.1, -0.05) is 17.7 Å². The number of benzene rings is 1. The molecule has 3 amide bonds. The van der Waals surface area contributed by atoms with E-state index in [1.54, 1.807) is 41.0 Å². The topological polar surface area (TPSA) is 118 Å². The monoisotopic (exact) mass is 433 g/mol. The molecule has 1 aliphatic rings. The molecule has 2 heterocycles. The molecule has 1 saturated heterocycles. The molecule has 0 aliphatic carbocycles. The molecule has 1 aromatic carbocycles. The van der Waals surface area contributed by atoms with E-state index in [0.29, 0.717) is 54.6 Å². The zero-order chi connectivity index (χ0) is 21.7. The summed E-state index contributed by atoms with van der Waals surface area (Å²) in [6, 6.07) is 6.69. The van der Waals surface area contributed by atoms with Crippen LogP contribution in [0.1, 0.15) is 24.1 Å². The number of aromatic amines is 2. The minimum atomic E-state index is -0.559. The Morgan fingerprint density at radius 3 is 2.57 bits per heavy atom. The molecule has 0 unspecified atom stereocenters. The van der Waals surface area contributed by atoms with Gasteiger partial charge in [-0.3, -0.25) is 14.6 Å². The molecule has 0 bridgehead atoms. The summed E-state index contributed by atoms with van der Waals surface area (Å²) in [5.74, 6) is -0.0860. The first-order valence-corrected chi connectivity index (χ1v) is 10.1. The molecule has 2 aromatic rings. The number of hydrogen-bond acceptors (Lipinski definition) is 4. The molecule has 1 aliphatic heterocycles. The fourth-order valence-corrected chi connectivity index (χ4v) is 3.65. The third-order valence-electron chi connectivity index (χ3n) is 5.06. The quantitative estimate of drug-likeness (QED) is 0.680. The maximum atomic E-state index is 12.6. The van der Waals surface area contributed by atoms with Crippen LogP contribution in [0.3, 0.4) is 0 Å². The first kappa shape index (κ1) is 21.6. The fraction of sp³-hybridized carbons (Fsp3) is 0.400. The van der Waals surface area contributed by atoms with Gasteiger partial charge in [0, 0.05) is 54.6 Å². The first-order chi connectivity index (χ1) is 14.3. The van der Waals surface area contributed by atoms with Crippen LogP contribution in [0.15, 0.2) is 33.9 Å². The summed E-state index contributed by atoms with van der Waals surface area (Å²) in [7, 11) is 0. The van der Waals surface area contributed by atoms with Crippen LogP contribution < -0.4 is 16.6 Å². The van der Waals surface area contributed by atoms with E-state index in [1.807, 2.05) is 0 Å². The largest absolute Gasteiger partial charge is 0.341 e. The summed E-state index contributed by atoms with van der Waals surface area (Å²) in [6.45, 7) is 3.55. The van der Waals surface area contributed by atoms with Crippen LogP contribution in [0.5, 0.6) is 0 Å². The molecule has 0 saturated carbocycles. The van der Waals surface area contributed by atoms with Crippen molar-refractivity contribution in [2.75, 3.05) is 31.5 Å². The second-order valence-corrected chi connectivity index (χ2v) is 7.61. The van der Waals surface area contributed by atoms with Crippen molar-refractivity contribution in [3.8, 4) is 0 Å². The lowest BCUT2D eigenvalue weighted by atomic mass is 10.1. The molecule has 1 fully saturated rings. The smallest absolute Gasteiger partial charge is 0.325 e. The molecule has 0 spiro atoms. The van der Waals surface area contributed by atoms with Crippen molar-refractivity contribution in [1.29, 1.82) is 0 Å². The summed E-state index contributed by atoms with van der Waals surface area (Å²) in [5, 5.41) is 3.36. The van der Waals surface area contributed by atoms with Gasteiger partial charge in [0.1, 0.15) is 0 Å². The Morgan fingerprint density at radius 2 is 1.83 bits per heavy atom. The van der Waals surface area contributed by atoms with Crippen LogP contribution in [0.25, 0.3) is 0 Å². The molecule has 0 atom stereocenters. The number of urea groups is 1. The minimum Gasteiger partial charge on any atom is -0.341 e. The van der Waals surface area contributed by atoms with E-state index in [9.17, 15) is 19.2 Å². The van der Waals surface area contributed by atoms with Gasteiger partial charge in [-0.05, 0) is 38.0 Å². The molecule has 160 valence electrons. The summed E-state index contributed by atoms with van der Waals surface area (Å²) in [5.41, 5.74) is 0.461. The number of halogens is 1. The van der Waals surface area contributed by atoms with E-state index >= 15 is 0 Å². The Labute approximate surface area is 178 Å². The van der Waals surface area contributed by atoms with Gasteiger partial charge in [-0.2, -0.15) is 0 Å². The van der Waals surface area contributed by atoms with Crippen molar-refractivity contribution < 1.29 is 9.59 Å². The van der Waals surface area contributed by atoms with E-state index in [1.165, 1.54) is 0 Å². The van der Waals surface area contributed by atoms with E-state index in [2.05, 4.69) is 15.3 Å². The van der Waals surface area contributed by atoms with Crippen LogP contribution in [0, 0.1) is 6.92 Å². The first-order valence-electron chi connectivity index (χ1n) is 9.75. The standard InChI is InChI=1S/C20H24ClN5O4/c1-13-16(18(28)24-19(29)22-13)6-7-17(27)25-8-3-9-26(11-10-25)20(30)23-15-5-2-4-14(21)12-15/h2,4-5,12H,3,6-11H2,1H3,(H,23,30)(H2,22,24,28,29).